The maximum absolute atomic E-state index is 3.50. The van der Waals surface area contributed by atoms with Gasteiger partial charge in [-0.05, 0) is 13.1 Å². The first-order chi connectivity index (χ1) is 4.31. The summed E-state index contributed by atoms with van der Waals surface area (Å²) in [7, 11) is 1.92. The summed E-state index contributed by atoms with van der Waals surface area (Å²) in [5.74, 6) is 6.23. The van der Waals surface area contributed by atoms with Gasteiger partial charge in [0.2, 0.25) is 0 Å². The van der Waals surface area contributed by atoms with Crippen LogP contribution in [0.25, 0.3) is 0 Å². The second-order valence-electron chi connectivity index (χ2n) is 1.95. The third-order valence-electron chi connectivity index (χ3n) is 0.942. The molecule has 0 spiro atoms. The number of rotatable bonds is 2. The van der Waals surface area contributed by atoms with E-state index in [0.29, 0.717) is 5.92 Å². The Labute approximate surface area is 57.2 Å². The van der Waals surface area contributed by atoms with Gasteiger partial charge in [0.05, 0.1) is 0 Å². The van der Waals surface area contributed by atoms with Gasteiger partial charge in [-0.15, -0.1) is 0 Å². The standard InChI is InChI=1S/C8H13N/c1-4-5-6-8(2)7-9-3/h4,8-9H,1,7H2,2-3H3. The predicted octanol–water partition coefficient (Wildman–Crippen LogP) is 1.03. The van der Waals surface area contributed by atoms with Crippen molar-refractivity contribution in [1.82, 2.24) is 5.32 Å². The highest BCUT2D eigenvalue weighted by Gasteiger charge is 1.90. The molecule has 0 amide bonds. The van der Waals surface area contributed by atoms with Gasteiger partial charge in [0, 0.05) is 12.5 Å². The van der Waals surface area contributed by atoms with Gasteiger partial charge in [0.15, 0.2) is 0 Å². The van der Waals surface area contributed by atoms with Crippen molar-refractivity contribution in [3.8, 4) is 11.8 Å². The number of allylic oxidation sites excluding steroid dienone is 1. The number of nitrogens with one attached hydrogen (secondary N) is 1. The Morgan fingerprint density at radius 2 is 2.44 bits per heavy atom. The average Bonchev–Trinajstić information content (AvgIpc) is 1.85. The highest BCUT2D eigenvalue weighted by Crippen LogP contribution is 1.86. The molecule has 0 aliphatic heterocycles. The molecule has 0 aliphatic rings. The van der Waals surface area contributed by atoms with Gasteiger partial charge in [-0.1, -0.05) is 25.3 Å². The molecule has 0 saturated heterocycles. The third-order valence-corrected chi connectivity index (χ3v) is 0.942. The lowest BCUT2D eigenvalue weighted by Gasteiger charge is -1.98. The molecule has 50 valence electrons. The molecule has 0 aromatic carbocycles. The van der Waals surface area contributed by atoms with Crippen LogP contribution >= 0.6 is 0 Å². The summed E-state index contributed by atoms with van der Waals surface area (Å²) in [5.41, 5.74) is 0. The maximum Gasteiger partial charge on any atom is 0.0302 e. The molecule has 0 saturated carbocycles. The van der Waals surface area contributed by atoms with Gasteiger partial charge < -0.3 is 5.32 Å². The van der Waals surface area contributed by atoms with Crippen LogP contribution < -0.4 is 5.32 Å². The minimum atomic E-state index is 0.424. The Balaban J connectivity index is 3.47. The Kier molecular flexibility index (Phi) is 4.95. The van der Waals surface area contributed by atoms with Gasteiger partial charge in [0.1, 0.15) is 0 Å². The van der Waals surface area contributed by atoms with Crippen LogP contribution in [0, 0.1) is 17.8 Å². The van der Waals surface area contributed by atoms with E-state index in [1.807, 2.05) is 7.05 Å². The van der Waals surface area contributed by atoms with Crippen molar-refractivity contribution in [3.05, 3.63) is 12.7 Å². The first-order valence-corrected chi connectivity index (χ1v) is 3.07. The fourth-order valence-corrected chi connectivity index (χ4v) is 0.558. The molecule has 1 heteroatoms. The maximum atomic E-state index is 3.50. The normalized spacial score (nSPS) is 11.3. The van der Waals surface area contributed by atoms with E-state index in [9.17, 15) is 0 Å². The Hall–Kier alpha value is -0.740. The zero-order chi connectivity index (χ0) is 7.11. The van der Waals surface area contributed by atoms with Crippen molar-refractivity contribution in [2.45, 2.75) is 6.92 Å². The zero-order valence-electron chi connectivity index (χ0n) is 6.07. The van der Waals surface area contributed by atoms with Crippen molar-refractivity contribution in [1.29, 1.82) is 0 Å². The Morgan fingerprint density at radius 1 is 1.78 bits per heavy atom. The minimum Gasteiger partial charge on any atom is -0.319 e. The molecule has 0 aliphatic carbocycles. The second-order valence-corrected chi connectivity index (χ2v) is 1.95. The first-order valence-electron chi connectivity index (χ1n) is 3.07. The minimum absolute atomic E-state index is 0.424. The van der Waals surface area contributed by atoms with Crippen LogP contribution in [-0.2, 0) is 0 Å². The van der Waals surface area contributed by atoms with Crippen LogP contribution in [0.3, 0.4) is 0 Å². The summed E-state index contributed by atoms with van der Waals surface area (Å²) in [5, 5.41) is 3.04. The fraction of sp³-hybridized carbons (Fsp3) is 0.500. The van der Waals surface area contributed by atoms with Crippen LogP contribution in [0.1, 0.15) is 6.92 Å². The molecular formula is C8H13N. The summed E-state index contributed by atoms with van der Waals surface area (Å²) in [6.07, 6.45) is 1.62. The summed E-state index contributed by atoms with van der Waals surface area (Å²) < 4.78 is 0. The summed E-state index contributed by atoms with van der Waals surface area (Å²) in [6, 6.07) is 0. The molecule has 0 rings (SSSR count). The molecule has 0 radical (unpaired) electrons. The molecule has 0 bridgehead atoms. The van der Waals surface area contributed by atoms with Gasteiger partial charge in [-0.25, -0.2) is 0 Å². The number of hydrogen-bond acceptors (Lipinski definition) is 1. The molecule has 1 unspecified atom stereocenters. The van der Waals surface area contributed by atoms with Crippen LogP contribution in [0.15, 0.2) is 12.7 Å². The van der Waals surface area contributed by atoms with E-state index >= 15 is 0 Å². The summed E-state index contributed by atoms with van der Waals surface area (Å²) in [4.78, 5) is 0. The van der Waals surface area contributed by atoms with Crippen molar-refractivity contribution < 1.29 is 0 Å². The van der Waals surface area contributed by atoms with Gasteiger partial charge >= 0.3 is 0 Å². The Morgan fingerprint density at radius 3 is 2.89 bits per heavy atom. The van der Waals surface area contributed by atoms with Crippen molar-refractivity contribution in [2.75, 3.05) is 13.6 Å². The summed E-state index contributed by atoms with van der Waals surface area (Å²) >= 11 is 0. The van der Waals surface area contributed by atoms with Crippen molar-refractivity contribution in [2.24, 2.45) is 5.92 Å². The van der Waals surface area contributed by atoms with Crippen LogP contribution in [0.5, 0.6) is 0 Å². The molecule has 9 heavy (non-hydrogen) atoms. The lowest BCUT2D eigenvalue weighted by molar-refractivity contribution is 0.668. The molecule has 0 aromatic rings. The quantitative estimate of drug-likeness (QED) is 0.541. The van der Waals surface area contributed by atoms with E-state index in [2.05, 4.69) is 30.7 Å². The van der Waals surface area contributed by atoms with Gasteiger partial charge in [-0.2, -0.15) is 0 Å². The van der Waals surface area contributed by atoms with E-state index in [1.54, 1.807) is 6.08 Å². The lowest BCUT2D eigenvalue weighted by Crippen LogP contribution is -2.14. The van der Waals surface area contributed by atoms with Crippen LogP contribution in [0.4, 0.5) is 0 Å². The van der Waals surface area contributed by atoms with Crippen molar-refractivity contribution in [3.63, 3.8) is 0 Å². The van der Waals surface area contributed by atoms with E-state index in [4.69, 9.17) is 0 Å². The predicted molar refractivity (Wildman–Crippen MR) is 41.1 cm³/mol. The van der Waals surface area contributed by atoms with E-state index < -0.39 is 0 Å². The summed E-state index contributed by atoms with van der Waals surface area (Å²) in [6.45, 7) is 6.52. The zero-order valence-corrected chi connectivity index (χ0v) is 6.07. The van der Waals surface area contributed by atoms with Crippen molar-refractivity contribution >= 4 is 0 Å². The van der Waals surface area contributed by atoms with E-state index in [0.717, 1.165) is 6.54 Å². The molecule has 1 atom stereocenters. The lowest BCUT2D eigenvalue weighted by atomic mass is 10.2. The Bertz CT molecular complexity index is 127. The van der Waals surface area contributed by atoms with Gasteiger partial charge in [0.25, 0.3) is 0 Å². The molecule has 0 heterocycles. The molecular weight excluding hydrogens is 110 g/mol. The van der Waals surface area contributed by atoms with Crippen LogP contribution in [0.2, 0.25) is 0 Å². The highest BCUT2D eigenvalue weighted by atomic mass is 14.8. The monoisotopic (exact) mass is 123 g/mol. The topological polar surface area (TPSA) is 12.0 Å². The fourth-order valence-electron chi connectivity index (χ4n) is 0.558. The van der Waals surface area contributed by atoms with E-state index in [-0.39, 0.29) is 0 Å². The average molecular weight is 123 g/mol. The smallest absolute Gasteiger partial charge is 0.0302 e. The first kappa shape index (κ1) is 8.26. The second kappa shape index (κ2) is 5.40. The van der Waals surface area contributed by atoms with E-state index in [1.165, 1.54) is 0 Å². The molecule has 0 aromatic heterocycles. The SMILES string of the molecule is C=CC#CC(C)CNC. The van der Waals surface area contributed by atoms with Gasteiger partial charge in [-0.3, -0.25) is 0 Å². The molecule has 1 N–H and O–H groups in total. The largest absolute Gasteiger partial charge is 0.319 e. The molecule has 0 fully saturated rings. The highest BCUT2D eigenvalue weighted by molar-refractivity contribution is 5.14. The third kappa shape index (κ3) is 5.13. The number of hydrogen-bond donors (Lipinski definition) is 1. The molecule has 1 nitrogen and oxygen atoms in total. The van der Waals surface area contributed by atoms with Crippen LogP contribution in [-0.4, -0.2) is 13.6 Å².